The molecule has 24 heavy (non-hydrogen) atoms. The first-order chi connectivity index (χ1) is 11.3. The van der Waals surface area contributed by atoms with E-state index in [0.717, 1.165) is 17.1 Å². The van der Waals surface area contributed by atoms with Gasteiger partial charge in [-0.05, 0) is 6.07 Å². The minimum absolute atomic E-state index is 0.134. The van der Waals surface area contributed by atoms with E-state index in [4.69, 9.17) is 9.47 Å². The predicted octanol–water partition coefficient (Wildman–Crippen LogP) is 3.25. The molecular formula is C18H25N3O3. The monoisotopic (exact) mass is 331 g/mol. The van der Waals surface area contributed by atoms with Crippen LogP contribution in [0.2, 0.25) is 0 Å². The highest BCUT2D eigenvalue weighted by Gasteiger charge is 2.19. The minimum atomic E-state index is -0.168. The number of ether oxygens (including phenoxy) is 2. The maximum Gasteiger partial charge on any atom is 0.162 e. The number of phenols is 1. The molecule has 6 heteroatoms. The molecule has 0 aliphatic rings. The zero-order valence-corrected chi connectivity index (χ0v) is 14.9. The minimum Gasteiger partial charge on any atom is -0.504 e. The Labute approximate surface area is 142 Å². The van der Waals surface area contributed by atoms with Crippen molar-refractivity contribution in [2.45, 2.75) is 39.3 Å². The number of phenolic OH excluding ortho intramolecular Hbond substituents is 1. The van der Waals surface area contributed by atoms with Crippen LogP contribution in [-0.4, -0.2) is 29.3 Å². The van der Waals surface area contributed by atoms with Crippen LogP contribution in [0.15, 0.2) is 24.3 Å². The zero-order chi connectivity index (χ0) is 17.7. The fourth-order valence-corrected chi connectivity index (χ4v) is 2.21. The highest BCUT2D eigenvalue weighted by atomic mass is 16.5. The van der Waals surface area contributed by atoms with E-state index in [1.807, 2.05) is 18.2 Å². The van der Waals surface area contributed by atoms with Crippen LogP contribution in [-0.2, 0) is 23.3 Å². The van der Waals surface area contributed by atoms with Crippen molar-refractivity contribution in [2.75, 3.05) is 19.5 Å². The van der Waals surface area contributed by atoms with Crippen LogP contribution in [0.1, 0.15) is 37.9 Å². The molecule has 2 N–H and O–H groups in total. The van der Waals surface area contributed by atoms with Crippen LogP contribution in [0.25, 0.3) is 0 Å². The molecule has 0 radical (unpaired) electrons. The van der Waals surface area contributed by atoms with Crippen molar-refractivity contribution in [3.8, 4) is 11.5 Å². The molecule has 0 amide bonds. The van der Waals surface area contributed by atoms with Crippen molar-refractivity contribution in [3.05, 3.63) is 41.3 Å². The van der Waals surface area contributed by atoms with Gasteiger partial charge in [-0.15, -0.1) is 0 Å². The van der Waals surface area contributed by atoms with Gasteiger partial charge in [-0.3, -0.25) is 0 Å². The second-order valence-electron chi connectivity index (χ2n) is 6.57. The number of nitrogens with zero attached hydrogens (tertiary/aromatic N) is 2. The third kappa shape index (κ3) is 4.35. The zero-order valence-electron chi connectivity index (χ0n) is 14.9. The Morgan fingerprint density at radius 3 is 2.54 bits per heavy atom. The van der Waals surface area contributed by atoms with Gasteiger partial charge in [-0.2, -0.15) is 0 Å². The summed E-state index contributed by atoms with van der Waals surface area (Å²) in [5.41, 5.74) is 1.38. The molecule has 0 unspecified atom stereocenters. The Balaban J connectivity index is 2.24. The molecule has 0 spiro atoms. The highest BCUT2D eigenvalue weighted by molar-refractivity contribution is 5.47. The standard InChI is InChI=1S/C18H25N3O3/c1-18(2,3)17-20-13(11-23-4)9-15(21-17)19-10-12-7-6-8-14(24-5)16(12)22/h6-9,22H,10-11H2,1-5H3,(H,19,20,21). The lowest BCUT2D eigenvalue weighted by molar-refractivity contribution is 0.181. The van der Waals surface area contributed by atoms with Gasteiger partial charge < -0.3 is 19.9 Å². The van der Waals surface area contributed by atoms with Gasteiger partial charge in [-0.1, -0.05) is 32.9 Å². The SMILES string of the molecule is COCc1cc(NCc2cccc(OC)c2O)nc(C(C)(C)C)n1. The second-order valence-corrected chi connectivity index (χ2v) is 6.57. The van der Waals surface area contributed by atoms with Crippen molar-refractivity contribution < 1.29 is 14.6 Å². The van der Waals surface area contributed by atoms with E-state index in [1.54, 1.807) is 13.2 Å². The number of anilines is 1. The van der Waals surface area contributed by atoms with E-state index in [-0.39, 0.29) is 11.2 Å². The molecule has 0 fully saturated rings. The predicted molar refractivity (Wildman–Crippen MR) is 93.4 cm³/mol. The third-order valence-corrected chi connectivity index (χ3v) is 3.50. The molecule has 1 heterocycles. The third-order valence-electron chi connectivity index (χ3n) is 3.50. The van der Waals surface area contributed by atoms with E-state index < -0.39 is 0 Å². The van der Waals surface area contributed by atoms with Crippen LogP contribution in [0.3, 0.4) is 0 Å². The number of nitrogens with one attached hydrogen (secondary N) is 1. The number of aromatic nitrogens is 2. The quantitative estimate of drug-likeness (QED) is 0.846. The van der Waals surface area contributed by atoms with Crippen molar-refractivity contribution in [1.29, 1.82) is 0 Å². The van der Waals surface area contributed by atoms with E-state index in [0.29, 0.717) is 24.7 Å². The molecule has 0 bridgehead atoms. The Morgan fingerprint density at radius 1 is 1.17 bits per heavy atom. The van der Waals surface area contributed by atoms with Crippen molar-refractivity contribution in [1.82, 2.24) is 9.97 Å². The number of hydrogen-bond acceptors (Lipinski definition) is 6. The molecule has 1 aromatic heterocycles. The molecule has 0 saturated carbocycles. The largest absolute Gasteiger partial charge is 0.504 e. The summed E-state index contributed by atoms with van der Waals surface area (Å²) < 4.78 is 10.3. The average Bonchev–Trinajstić information content (AvgIpc) is 2.53. The van der Waals surface area contributed by atoms with Gasteiger partial charge in [0.15, 0.2) is 11.5 Å². The van der Waals surface area contributed by atoms with Crippen LogP contribution >= 0.6 is 0 Å². The van der Waals surface area contributed by atoms with Gasteiger partial charge in [0.1, 0.15) is 11.6 Å². The molecule has 2 aromatic rings. The summed E-state index contributed by atoms with van der Waals surface area (Å²) in [4.78, 5) is 9.13. The molecule has 2 rings (SSSR count). The number of hydrogen-bond donors (Lipinski definition) is 2. The van der Waals surface area contributed by atoms with Gasteiger partial charge in [-0.25, -0.2) is 9.97 Å². The first-order valence-corrected chi connectivity index (χ1v) is 7.81. The summed E-state index contributed by atoms with van der Waals surface area (Å²) >= 11 is 0. The fourth-order valence-electron chi connectivity index (χ4n) is 2.21. The van der Waals surface area contributed by atoms with E-state index in [9.17, 15) is 5.11 Å². The summed E-state index contributed by atoms with van der Waals surface area (Å²) in [6.07, 6.45) is 0. The maximum absolute atomic E-state index is 10.2. The molecule has 0 atom stereocenters. The lowest BCUT2D eigenvalue weighted by atomic mass is 9.95. The summed E-state index contributed by atoms with van der Waals surface area (Å²) in [5, 5.41) is 13.4. The summed E-state index contributed by atoms with van der Waals surface area (Å²) in [6.45, 7) is 7.05. The van der Waals surface area contributed by atoms with Crippen molar-refractivity contribution in [2.24, 2.45) is 0 Å². The smallest absolute Gasteiger partial charge is 0.162 e. The lowest BCUT2D eigenvalue weighted by Crippen LogP contribution is -2.18. The number of rotatable bonds is 6. The van der Waals surface area contributed by atoms with Crippen LogP contribution in [0.5, 0.6) is 11.5 Å². The fraction of sp³-hybridized carbons (Fsp3) is 0.444. The molecule has 6 nitrogen and oxygen atoms in total. The Hall–Kier alpha value is -2.34. The first-order valence-electron chi connectivity index (χ1n) is 7.81. The second kappa shape index (κ2) is 7.49. The van der Waals surface area contributed by atoms with E-state index >= 15 is 0 Å². The summed E-state index contributed by atoms with van der Waals surface area (Å²) in [6, 6.07) is 7.26. The molecule has 130 valence electrons. The van der Waals surface area contributed by atoms with Gasteiger partial charge in [0.25, 0.3) is 0 Å². The van der Waals surface area contributed by atoms with Crippen molar-refractivity contribution in [3.63, 3.8) is 0 Å². The summed E-state index contributed by atoms with van der Waals surface area (Å²) in [7, 11) is 3.17. The van der Waals surface area contributed by atoms with Crippen molar-refractivity contribution >= 4 is 5.82 Å². The Kier molecular flexibility index (Phi) is 5.62. The molecule has 0 saturated heterocycles. The summed E-state index contributed by atoms with van der Waals surface area (Å²) in [5.74, 6) is 2.03. The maximum atomic E-state index is 10.2. The van der Waals surface area contributed by atoms with Crippen LogP contribution in [0.4, 0.5) is 5.82 Å². The number of para-hydroxylation sites is 1. The van der Waals surface area contributed by atoms with Crippen LogP contribution in [0, 0.1) is 0 Å². The Morgan fingerprint density at radius 2 is 1.92 bits per heavy atom. The average molecular weight is 331 g/mol. The molecule has 0 aliphatic carbocycles. The normalized spacial score (nSPS) is 11.4. The molecule has 1 aromatic carbocycles. The van der Waals surface area contributed by atoms with Gasteiger partial charge in [0.2, 0.25) is 0 Å². The van der Waals surface area contributed by atoms with Gasteiger partial charge >= 0.3 is 0 Å². The number of benzene rings is 1. The lowest BCUT2D eigenvalue weighted by Gasteiger charge is -2.19. The topological polar surface area (TPSA) is 76.5 Å². The van der Waals surface area contributed by atoms with Gasteiger partial charge in [0, 0.05) is 30.7 Å². The van der Waals surface area contributed by atoms with Crippen LogP contribution < -0.4 is 10.1 Å². The van der Waals surface area contributed by atoms with E-state index in [1.165, 1.54) is 7.11 Å². The van der Waals surface area contributed by atoms with Gasteiger partial charge in [0.05, 0.1) is 19.4 Å². The molecule has 0 aliphatic heterocycles. The number of methoxy groups -OCH3 is 2. The highest BCUT2D eigenvalue weighted by Crippen LogP contribution is 2.30. The first kappa shape index (κ1) is 18.0. The molecular weight excluding hydrogens is 306 g/mol. The Bertz CT molecular complexity index is 696. The number of aromatic hydroxyl groups is 1. The van der Waals surface area contributed by atoms with E-state index in [2.05, 4.69) is 36.1 Å².